The van der Waals surface area contributed by atoms with Gasteiger partial charge in [-0.25, -0.2) is 4.98 Å². The number of nitrogens with one attached hydrogen (secondary N) is 1. The first-order chi connectivity index (χ1) is 13.3. The Hall–Kier alpha value is -3.23. The highest BCUT2D eigenvalue weighted by molar-refractivity contribution is 7.12. The summed E-state index contributed by atoms with van der Waals surface area (Å²) in [5.41, 5.74) is 1.71. The van der Waals surface area contributed by atoms with Crippen LogP contribution in [0, 0.1) is 17.2 Å². The van der Waals surface area contributed by atoms with Crippen molar-refractivity contribution in [2.45, 2.75) is 11.3 Å². The minimum Gasteiger partial charge on any atom is -0.341 e. The maximum Gasteiger partial charge on any atom is 0.178 e. The van der Waals surface area contributed by atoms with Crippen molar-refractivity contribution in [3.8, 4) is 6.07 Å². The smallest absolute Gasteiger partial charge is 0.178 e. The van der Waals surface area contributed by atoms with Crippen molar-refractivity contribution in [2.75, 3.05) is 0 Å². The Morgan fingerprint density at radius 3 is 2.56 bits per heavy atom. The lowest BCUT2D eigenvalue weighted by Gasteiger charge is -2.05. The molecule has 2 aromatic carbocycles. The molecule has 4 aromatic rings. The molecule has 1 aliphatic carbocycles. The molecule has 2 aromatic heterocycles. The summed E-state index contributed by atoms with van der Waals surface area (Å²) in [4.78, 5) is 21.9. The number of H-pyrrole nitrogens is 1. The molecule has 0 radical (unpaired) electrons. The van der Waals surface area contributed by atoms with Gasteiger partial charge in [0.1, 0.15) is 11.2 Å². The first-order valence-corrected chi connectivity index (χ1v) is 9.63. The van der Waals surface area contributed by atoms with Gasteiger partial charge in [0.05, 0.1) is 27.9 Å². The number of benzene rings is 2. The summed E-state index contributed by atoms with van der Waals surface area (Å²) in [7, 11) is 0. The van der Waals surface area contributed by atoms with Crippen molar-refractivity contribution in [1.29, 1.82) is 5.26 Å². The number of rotatable bonds is 4. The highest BCUT2D eigenvalue weighted by Gasteiger charge is 2.72. The van der Waals surface area contributed by atoms with Crippen LogP contribution in [0.3, 0.4) is 0 Å². The lowest BCUT2D eigenvalue weighted by Crippen LogP contribution is -2.15. The van der Waals surface area contributed by atoms with Gasteiger partial charge in [-0.1, -0.05) is 48.5 Å². The molecule has 1 fully saturated rings. The number of para-hydroxylation sites is 2. The van der Waals surface area contributed by atoms with Gasteiger partial charge in [-0.3, -0.25) is 4.79 Å². The van der Waals surface area contributed by atoms with Crippen LogP contribution in [0.5, 0.6) is 0 Å². The maximum absolute atomic E-state index is 13.2. The number of aromatic amines is 1. The van der Waals surface area contributed by atoms with E-state index in [-0.39, 0.29) is 11.7 Å². The van der Waals surface area contributed by atoms with E-state index in [0.717, 1.165) is 16.6 Å². The Kier molecular flexibility index (Phi) is 3.49. The molecule has 0 unspecified atom stereocenters. The van der Waals surface area contributed by atoms with Crippen LogP contribution in [0.4, 0.5) is 0 Å². The molecule has 0 bridgehead atoms. The van der Waals surface area contributed by atoms with Crippen molar-refractivity contribution in [1.82, 2.24) is 9.97 Å². The van der Waals surface area contributed by atoms with Crippen LogP contribution in [0.2, 0.25) is 0 Å². The number of hydrogen-bond donors (Lipinski definition) is 1. The number of thiophene rings is 1. The summed E-state index contributed by atoms with van der Waals surface area (Å²) in [6, 6.07) is 23.7. The second-order valence-corrected chi connectivity index (χ2v) is 7.74. The fraction of sp³-hybridized carbons (Fsp3) is 0.136. The number of nitriles is 1. The Bertz CT molecular complexity index is 1140. The minimum absolute atomic E-state index is 0.0147. The number of nitrogens with zero attached hydrogens (tertiary/aromatic N) is 2. The fourth-order valence-corrected chi connectivity index (χ4v) is 4.77. The summed E-state index contributed by atoms with van der Waals surface area (Å²) in [6.45, 7) is 0. The van der Waals surface area contributed by atoms with Crippen LogP contribution >= 0.6 is 11.3 Å². The second-order valence-electron chi connectivity index (χ2n) is 6.79. The summed E-state index contributed by atoms with van der Waals surface area (Å²) in [5, 5.41) is 12.1. The zero-order chi connectivity index (χ0) is 18.4. The Labute approximate surface area is 160 Å². The van der Waals surface area contributed by atoms with Gasteiger partial charge < -0.3 is 4.98 Å². The quantitative estimate of drug-likeness (QED) is 0.531. The van der Waals surface area contributed by atoms with Crippen LogP contribution in [0.25, 0.3) is 11.0 Å². The number of hydrogen-bond acceptors (Lipinski definition) is 4. The van der Waals surface area contributed by atoms with Gasteiger partial charge in [0, 0.05) is 5.92 Å². The predicted octanol–water partition coefficient (Wildman–Crippen LogP) is 4.68. The molecule has 2 heterocycles. The molecule has 5 rings (SSSR count). The molecule has 0 amide bonds. The maximum atomic E-state index is 13.2. The number of imidazole rings is 1. The number of aromatic nitrogens is 2. The van der Waals surface area contributed by atoms with Crippen LogP contribution in [-0.4, -0.2) is 15.8 Å². The average Bonchev–Trinajstić information content (AvgIpc) is 3.07. The number of fused-ring (bicyclic) bond motifs is 1. The number of carbonyl (C=O) groups is 1. The Morgan fingerprint density at radius 1 is 1.07 bits per heavy atom. The summed E-state index contributed by atoms with van der Waals surface area (Å²) in [6.07, 6.45) is 0. The minimum atomic E-state index is -0.971. The molecule has 1 aliphatic rings. The molecule has 1 N–H and O–H groups in total. The standard InChI is InChI=1S/C22H15N3OS/c23-13-22(21-24-15-9-4-5-10-16(15)25-21)18(14-7-2-1-3-8-14)19(22)20(26)17-11-6-12-27-17/h1-12,18-19H,(H,24,25)/t18-,19+,22+/m0/s1. The lowest BCUT2D eigenvalue weighted by molar-refractivity contribution is 0.0963. The zero-order valence-electron chi connectivity index (χ0n) is 14.3. The SMILES string of the molecule is N#C[C@]1(c2nc3ccccc3[nH]2)[C@@H](C(=O)c2cccs2)[C@@H]1c1ccccc1. The average molecular weight is 369 g/mol. The fourth-order valence-electron chi connectivity index (χ4n) is 4.07. The molecular weight excluding hydrogens is 354 g/mol. The van der Waals surface area contributed by atoms with Gasteiger partial charge in [0.2, 0.25) is 0 Å². The largest absolute Gasteiger partial charge is 0.341 e. The first kappa shape index (κ1) is 16.0. The molecule has 130 valence electrons. The third-order valence-electron chi connectivity index (χ3n) is 5.38. The second kappa shape index (κ2) is 5.90. The van der Waals surface area contributed by atoms with E-state index in [0.29, 0.717) is 10.7 Å². The number of ketones is 1. The third kappa shape index (κ3) is 2.27. The van der Waals surface area contributed by atoms with Crippen molar-refractivity contribution in [3.63, 3.8) is 0 Å². The van der Waals surface area contributed by atoms with Crippen molar-refractivity contribution < 1.29 is 4.79 Å². The Balaban J connectivity index is 1.68. The molecule has 27 heavy (non-hydrogen) atoms. The summed E-state index contributed by atoms with van der Waals surface area (Å²) >= 11 is 1.42. The van der Waals surface area contributed by atoms with E-state index in [1.54, 1.807) is 0 Å². The van der Waals surface area contributed by atoms with E-state index in [1.165, 1.54) is 11.3 Å². The topological polar surface area (TPSA) is 69.5 Å². The van der Waals surface area contributed by atoms with Gasteiger partial charge in [-0.05, 0) is 29.1 Å². The zero-order valence-corrected chi connectivity index (χ0v) is 15.1. The predicted molar refractivity (Wildman–Crippen MR) is 105 cm³/mol. The van der Waals surface area contributed by atoms with E-state index >= 15 is 0 Å². The monoisotopic (exact) mass is 369 g/mol. The van der Waals surface area contributed by atoms with Crippen LogP contribution in [0.1, 0.15) is 27.0 Å². The van der Waals surface area contributed by atoms with E-state index < -0.39 is 11.3 Å². The molecular formula is C22H15N3OS. The van der Waals surface area contributed by atoms with Gasteiger partial charge in [0.15, 0.2) is 5.78 Å². The van der Waals surface area contributed by atoms with Crippen LogP contribution < -0.4 is 0 Å². The van der Waals surface area contributed by atoms with E-state index in [9.17, 15) is 10.1 Å². The molecule has 0 aliphatic heterocycles. The summed E-state index contributed by atoms with van der Waals surface area (Å²) < 4.78 is 0. The van der Waals surface area contributed by atoms with E-state index in [4.69, 9.17) is 0 Å². The highest BCUT2D eigenvalue weighted by Crippen LogP contribution is 2.66. The van der Waals surface area contributed by atoms with Crippen molar-refractivity contribution in [2.24, 2.45) is 5.92 Å². The third-order valence-corrected chi connectivity index (χ3v) is 6.26. The van der Waals surface area contributed by atoms with E-state index in [2.05, 4.69) is 16.0 Å². The Morgan fingerprint density at radius 2 is 1.85 bits per heavy atom. The van der Waals surface area contributed by atoms with Crippen LogP contribution in [0.15, 0.2) is 72.1 Å². The van der Waals surface area contributed by atoms with Crippen molar-refractivity contribution >= 4 is 28.2 Å². The molecule has 5 heteroatoms. The first-order valence-electron chi connectivity index (χ1n) is 8.75. The molecule has 0 saturated heterocycles. The molecule has 3 atom stereocenters. The lowest BCUT2D eigenvalue weighted by atomic mass is 9.99. The number of Topliss-reactive ketones (excluding diaryl/α,β-unsaturated/α-hetero) is 1. The molecule has 4 nitrogen and oxygen atoms in total. The number of carbonyl (C=O) groups excluding carboxylic acids is 1. The van der Waals surface area contributed by atoms with Gasteiger partial charge in [0.25, 0.3) is 0 Å². The van der Waals surface area contributed by atoms with Gasteiger partial charge >= 0.3 is 0 Å². The normalized spacial score (nSPS) is 23.8. The van der Waals surface area contributed by atoms with Gasteiger partial charge in [-0.15, -0.1) is 11.3 Å². The molecule has 1 saturated carbocycles. The molecule has 0 spiro atoms. The van der Waals surface area contributed by atoms with E-state index in [1.807, 2.05) is 72.1 Å². The van der Waals surface area contributed by atoms with Crippen molar-refractivity contribution in [3.05, 3.63) is 88.4 Å². The van der Waals surface area contributed by atoms with Crippen LogP contribution in [-0.2, 0) is 5.41 Å². The highest BCUT2D eigenvalue weighted by atomic mass is 32.1. The van der Waals surface area contributed by atoms with Gasteiger partial charge in [-0.2, -0.15) is 5.26 Å². The summed E-state index contributed by atoms with van der Waals surface area (Å²) in [5.74, 6) is -0.0567.